The quantitative estimate of drug-likeness (QED) is 0.844. The summed E-state index contributed by atoms with van der Waals surface area (Å²) in [4.78, 5) is 14.8. The lowest BCUT2D eigenvalue weighted by Crippen LogP contribution is -2.67. The first kappa shape index (κ1) is 16.7. The van der Waals surface area contributed by atoms with Gasteiger partial charge in [-0.05, 0) is 30.4 Å². The van der Waals surface area contributed by atoms with Crippen molar-refractivity contribution in [2.24, 2.45) is 11.8 Å². The maximum absolute atomic E-state index is 11.5. The minimum Gasteiger partial charge on any atom is -0.389 e. The van der Waals surface area contributed by atoms with Gasteiger partial charge in [0.1, 0.15) is 0 Å². The van der Waals surface area contributed by atoms with Gasteiger partial charge in [-0.3, -0.25) is 9.69 Å². The van der Waals surface area contributed by atoms with Crippen molar-refractivity contribution in [1.29, 1.82) is 0 Å². The summed E-state index contributed by atoms with van der Waals surface area (Å²) >= 11 is 1.52. The van der Waals surface area contributed by atoms with Crippen LogP contribution in [0.5, 0.6) is 0 Å². The second-order valence-corrected chi connectivity index (χ2v) is 8.27. The van der Waals surface area contributed by atoms with Gasteiger partial charge in [-0.2, -0.15) is 0 Å². The van der Waals surface area contributed by atoms with Crippen LogP contribution in [0.3, 0.4) is 0 Å². The molecule has 132 valence electrons. The zero-order valence-electron chi connectivity index (χ0n) is 14.1. The van der Waals surface area contributed by atoms with Crippen molar-refractivity contribution in [2.75, 3.05) is 33.0 Å². The number of aliphatic hydroxyl groups is 1. The molecule has 0 radical (unpaired) electrons. The SMILES string of the molecule is CC(=O)c1cc(CN2C[C@@H]3COCC[C@]3(O)[C@H]3COCC[C@H]32)cs1. The van der Waals surface area contributed by atoms with Crippen molar-refractivity contribution in [3.8, 4) is 0 Å². The highest BCUT2D eigenvalue weighted by Gasteiger charge is 2.55. The number of piperidine rings is 1. The van der Waals surface area contributed by atoms with E-state index >= 15 is 0 Å². The first-order chi connectivity index (χ1) is 11.6. The number of rotatable bonds is 3. The van der Waals surface area contributed by atoms with Crippen LogP contribution in [0.15, 0.2) is 11.4 Å². The van der Waals surface area contributed by atoms with Crippen LogP contribution >= 0.6 is 11.3 Å². The van der Waals surface area contributed by atoms with Crippen molar-refractivity contribution >= 4 is 17.1 Å². The molecule has 3 aliphatic rings. The summed E-state index contributed by atoms with van der Waals surface area (Å²) in [7, 11) is 0. The van der Waals surface area contributed by atoms with Crippen LogP contribution in [0, 0.1) is 11.8 Å². The molecule has 24 heavy (non-hydrogen) atoms. The smallest absolute Gasteiger partial charge is 0.169 e. The number of carbonyl (C=O) groups excluding carboxylic acids is 1. The summed E-state index contributed by atoms with van der Waals surface area (Å²) in [6.45, 7) is 5.96. The number of carbonyl (C=O) groups is 1. The minimum absolute atomic E-state index is 0.129. The Morgan fingerprint density at radius 2 is 2.25 bits per heavy atom. The van der Waals surface area contributed by atoms with Gasteiger partial charge in [-0.1, -0.05) is 0 Å². The number of ether oxygens (including phenoxy) is 2. The highest BCUT2D eigenvalue weighted by atomic mass is 32.1. The predicted molar refractivity (Wildman–Crippen MR) is 91.3 cm³/mol. The van der Waals surface area contributed by atoms with Crippen LogP contribution in [0.1, 0.15) is 35.0 Å². The van der Waals surface area contributed by atoms with Crippen LogP contribution < -0.4 is 0 Å². The average molecular weight is 351 g/mol. The van der Waals surface area contributed by atoms with Gasteiger partial charge in [0.2, 0.25) is 0 Å². The average Bonchev–Trinajstić information content (AvgIpc) is 3.05. The summed E-state index contributed by atoms with van der Waals surface area (Å²) < 4.78 is 11.4. The van der Waals surface area contributed by atoms with Crippen LogP contribution in [-0.4, -0.2) is 60.4 Å². The number of likely N-dealkylation sites (tertiary alicyclic amines) is 1. The van der Waals surface area contributed by atoms with Crippen molar-refractivity contribution < 1.29 is 19.4 Å². The van der Waals surface area contributed by atoms with Gasteiger partial charge in [-0.15, -0.1) is 11.3 Å². The highest BCUT2D eigenvalue weighted by molar-refractivity contribution is 7.12. The number of thiophene rings is 1. The molecule has 3 aliphatic heterocycles. The van der Waals surface area contributed by atoms with E-state index in [1.54, 1.807) is 6.92 Å². The van der Waals surface area contributed by atoms with E-state index in [0.717, 1.165) is 31.0 Å². The fourth-order valence-corrected chi connectivity index (χ4v) is 5.43. The number of fused-ring (bicyclic) bond motifs is 3. The number of hydrogen-bond donors (Lipinski definition) is 1. The number of ketones is 1. The molecule has 3 fully saturated rings. The van der Waals surface area contributed by atoms with Crippen molar-refractivity contribution in [1.82, 2.24) is 4.90 Å². The Morgan fingerprint density at radius 3 is 3.04 bits per heavy atom. The van der Waals surface area contributed by atoms with Gasteiger partial charge in [0.15, 0.2) is 5.78 Å². The third kappa shape index (κ3) is 2.84. The van der Waals surface area contributed by atoms with E-state index in [-0.39, 0.29) is 17.6 Å². The second kappa shape index (κ2) is 6.50. The molecule has 4 atom stereocenters. The lowest BCUT2D eigenvalue weighted by molar-refractivity contribution is -0.221. The number of hydrogen-bond acceptors (Lipinski definition) is 6. The van der Waals surface area contributed by atoms with Crippen LogP contribution in [0.25, 0.3) is 0 Å². The van der Waals surface area contributed by atoms with E-state index in [4.69, 9.17) is 9.47 Å². The predicted octanol–water partition coefficient (Wildman–Crippen LogP) is 1.94. The molecule has 4 heterocycles. The molecule has 1 N–H and O–H groups in total. The Kier molecular flexibility index (Phi) is 4.51. The summed E-state index contributed by atoms with van der Waals surface area (Å²) in [5.41, 5.74) is 0.538. The summed E-state index contributed by atoms with van der Waals surface area (Å²) in [5, 5.41) is 13.4. The molecule has 1 aromatic heterocycles. The topological polar surface area (TPSA) is 59.0 Å². The molecule has 0 aromatic carbocycles. The summed E-state index contributed by atoms with van der Waals surface area (Å²) in [5.74, 6) is 0.420. The third-order valence-electron chi connectivity index (χ3n) is 5.95. The Hall–Kier alpha value is -0.790. The lowest BCUT2D eigenvalue weighted by Gasteiger charge is -2.57. The normalized spacial score (nSPS) is 36.8. The Balaban J connectivity index is 1.57. The standard InChI is InChI=1S/C18H25NO4S/c1-12(20)17-6-13(11-24-17)7-19-8-14-9-23-5-3-18(14,21)15-10-22-4-2-16(15)19/h6,11,14-16,21H,2-5,7-10H2,1H3/t14-,15+,16-,18-/m1/s1. The molecule has 0 saturated carbocycles. The monoisotopic (exact) mass is 351 g/mol. The molecular formula is C18H25NO4S. The first-order valence-electron chi connectivity index (χ1n) is 8.78. The number of Topliss-reactive ketones (excluding diaryl/α,β-unsaturated/α-hetero) is 1. The molecule has 4 rings (SSSR count). The van der Waals surface area contributed by atoms with E-state index in [0.29, 0.717) is 32.3 Å². The van der Waals surface area contributed by atoms with E-state index in [1.807, 2.05) is 6.07 Å². The summed E-state index contributed by atoms with van der Waals surface area (Å²) in [6.07, 6.45) is 1.67. The maximum Gasteiger partial charge on any atom is 0.169 e. The fourth-order valence-electron chi connectivity index (χ4n) is 4.63. The van der Waals surface area contributed by atoms with Gasteiger partial charge in [0.25, 0.3) is 0 Å². The van der Waals surface area contributed by atoms with Crippen LogP contribution in [-0.2, 0) is 16.0 Å². The zero-order chi connectivity index (χ0) is 16.7. The van der Waals surface area contributed by atoms with Crippen molar-refractivity contribution in [3.05, 3.63) is 21.9 Å². The van der Waals surface area contributed by atoms with Gasteiger partial charge >= 0.3 is 0 Å². The van der Waals surface area contributed by atoms with Gasteiger partial charge in [0, 0.05) is 50.6 Å². The molecular weight excluding hydrogens is 326 g/mol. The fraction of sp³-hybridized carbons (Fsp3) is 0.722. The second-order valence-electron chi connectivity index (χ2n) is 7.36. The molecule has 3 saturated heterocycles. The third-order valence-corrected chi connectivity index (χ3v) is 7.02. The van der Waals surface area contributed by atoms with Gasteiger partial charge < -0.3 is 14.6 Å². The molecule has 0 bridgehead atoms. The number of nitrogens with zero attached hydrogens (tertiary/aromatic N) is 1. The van der Waals surface area contributed by atoms with E-state index in [2.05, 4.69) is 10.3 Å². The molecule has 0 spiro atoms. The van der Waals surface area contributed by atoms with Crippen LogP contribution in [0.4, 0.5) is 0 Å². The molecule has 0 unspecified atom stereocenters. The Labute approximate surface area is 146 Å². The van der Waals surface area contributed by atoms with Crippen molar-refractivity contribution in [3.63, 3.8) is 0 Å². The van der Waals surface area contributed by atoms with Gasteiger partial charge in [-0.25, -0.2) is 0 Å². The Bertz CT molecular complexity index is 618. The highest BCUT2D eigenvalue weighted by Crippen LogP contribution is 2.44. The maximum atomic E-state index is 11.5. The van der Waals surface area contributed by atoms with E-state index in [9.17, 15) is 9.90 Å². The van der Waals surface area contributed by atoms with Crippen LogP contribution in [0.2, 0.25) is 0 Å². The van der Waals surface area contributed by atoms with E-state index < -0.39 is 5.60 Å². The first-order valence-corrected chi connectivity index (χ1v) is 9.66. The van der Waals surface area contributed by atoms with Gasteiger partial charge in [0.05, 0.1) is 23.7 Å². The molecule has 0 aliphatic carbocycles. The zero-order valence-corrected chi connectivity index (χ0v) is 14.9. The molecule has 6 heteroatoms. The Morgan fingerprint density at radius 1 is 1.42 bits per heavy atom. The summed E-state index contributed by atoms with van der Waals surface area (Å²) in [6, 6.07) is 2.36. The largest absolute Gasteiger partial charge is 0.389 e. The minimum atomic E-state index is -0.654. The molecule has 0 amide bonds. The van der Waals surface area contributed by atoms with E-state index in [1.165, 1.54) is 16.9 Å². The van der Waals surface area contributed by atoms with Crippen molar-refractivity contribution in [2.45, 2.75) is 38.0 Å². The molecule has 5 nitrogen and oxygen atoms in total. The molecule has 1 aromatic rings. The lowest BCUT2D eigenvalue weighted by atomic mass is 9.66.